The summed E-state index contributed by atoms with van der Waals surface area (Å²) < 4.78 is 0.395. The Hall–Kier alpha value is -3.06. The number of benzene rings is 2. The van der Waals surface area contributed by atoms with E-state index in [-0.39, 0.29) is 11.3 Å². The number of hydrogen-bond donors (Lipinski definition) is 1. The lowest BCUT2D eigenvalue weighted by atomic mass is 10.1. The first kappa shape index (κ1) is 16.8. The van der Waals surface area contributed by atoms with Gasteiger partial charge in [0, 0.05) is 11.5 Å². The first-order valence-corrected chi connectivity index (χ1v) is 8.00. The molecule has 124 valence electrons. The molecule has 0 saturated heterocycles. The van der Waals surface area contributed by atoms with E-state index in [0.717, 1.165) is 0 Å². The van der Waals surface area contributed by atoms with Crippen molar-refractivity contribution in [1.29, 1.82) is 0 Å². The number of carboxylic acid groups (broad SMARTS) is 1. The summed E-state index contributed by atoms with van der Waals surface area (Å²) in [5.41, 5.74) is 1.76. The molecule has 0 unspecified atom stereocenters. The predicted molar refractivity (Wildman–Crippen MR) is 98.4 cm³/mol. The van der Waals surface area contributed by atoms with Crippen LogP contribution in [0.25, 0.3) is 23.1 Å². The van der Waals surface area contributed by atoms with Crippen molar-refractivity contribution in [1.82, 2.24) is 4.98 Å². The number of hydrogen-bond acceptors (Lipinski definition) is 4. The van der Waals surface area contributed by atoms with E-state index in [1.807, 2.05) is 0 Å². The summed E-state index contributed by atoms with van der Waals surface area (Å²) in [5.74, 6) is -1.03. The Kier molecular flexibility index (Phi) is 4.58. The molecular weight excluding hydrogens is 388 g/mol. The van der Waals surface area contributed by atoms with E-state index < -0.39 is 10.9 Å². The maximum atomic E-state index is 11.5. The highest BCUT2D eigenvalue weighted by molar-refractivity contribution is 9.10. The predicted octanol–water partition coefficient (Wildman–Crippen LogP) is 4.77. The zero-order chi connectivity index (χ0) is 18.0. The monoisotopic (exact) mass is 398 g/mol. The standard InChI is InChI=1S/C18H11BrN2O4/c19-15-8-6-11(9-17(15)21(24)25)5-7-12-10-14(18(22)23)13-3-1-2-4-16(13)20-12/h1-10H,(H,22,23)/b7-5+. The van der Waals surface area contributed by atoms with E-state index in [0.29, 0.717) is 26.6 Å². The van der Waals surface area contributed by atoms with Crippen LogP contribution in [0.1, 0.15) is 21.6 Å². The average molecular weight is 399 g/mol. The molecule has 0 aliphatic rings. The second-order valence-corrected chi connectivity index (χ2v) is 6.07. The van der Waals surface area contributed by atoms with E-state index >= 15 is 0 Å². The Morgan fingerprint density at radius 1 is 1.16 bits per heavy atom. The summed E-state index contributed by atoms with van der Waals surface area (Å²) in [7, 11) is 0. The SMILES string of the molecule is O=C(O)c1cc(/C=C/c2ccc(Br)c([N+](=O)[O-])c2)nc2ccccc12. The number of nitro groups is 1. The van der Waals surface area contributed by atoms with Crippen molar-refractivity contribution in [3.05, 3.63) is 79.9 Å². The minimum atomic E-state index is -1.03. The maximum Gasteiger partial charge on any atom is 0.336 e. The lowest BCUT2D eigenvalue weighted by Crippen LogP contribution is -2.00. The summed E-state index contributed by atoms with van der Waals surface area (Å²) in [6.07, 6.45) is 3.29. The van der Waals surface area contributed by atoms with Crippen LogP contribution in [0.4, 0.5) is 5.69 Å². The number of nitrogens with zero attached hydrogens (tertiary/aromatic N) is 2. The second kappa shape index (κ2) is 6.82. The minimum absolute atomic E-state index is 0.0418. The largest absolute Gasteiger partial charge is 0.478 e. The van der Waals surface area contributed by atoms with Gasteiger partial charge in [0.25, 0.3) is 5.69 Å². The molecule has 0 radical (unpaired) electrons. The van der Waals surface area contributed by atoms with Gasteiger partial charge in [-0.1, -0.05) is 30.3 Å². The third-order valence-corrected chi connectivity index (χ3v) is 4.25. The quantitative estimate of drug-likeness (QED) is 0.504. The first-order chi connectivity index (χ1) is 12.0. The van der Waals surface area contributed by atoms with Crippen LogP contribution in [-0.4, -0.2) is 21.0 Å². The van der Waals surface area contributed by atoms with Gasteiger partial charge in [-0.05, 0) is 45.8 Å². The van der Waals surface area contributed by atoms with Crippen LogP contribution in [-0.2, 0) is 0 Å². The molecular formula is C18H11BrN2O4. The number of fused-ring (bicyclic) bond motifs is 1. The van der Waals surface area contributed by atoms with Crippen molar-refractivity contribution in [2.24, 2.45) is 0 Å². The summed E-state index contributed by atoms with van der Waals surface area (Å²) in [4.78, 5) is 26.4. The number of carboxylic acids is 1. The van der Waals surface area contributed by atoms with Crippen molar-refractivity contribution in [3.63, 3.8) is 0 Å². The van der Waals surface area contributed by atoms with Gasteiger partial charge in [0.05, 0.1) is 26.2 Å². The van der Waals surface area contributed by atoms with Crippen LogP contribution in [0.15, 0.2) is 53.0 Å². The van der Waals surface area contributed by atoms with Gasteiger partial charge >= 0.3 is 5.97 Å². The molecule has 3 aromatic rings. The Labute approximate surface area is 150 Å². The molecule has 0 aliphatic carbocycles. The highest BCUT2D eigenvalue weighted by Crippen LogP contribution is 2.26. The topological polar surface area (TPSA) is 93.3 Å². The number of carbonyl (C=O) groups is 1. The van der Waals surface area contributed by atoms with Crippen molar-refractivity contribution in [2.75, 3.05) is 0 Å². The van der Waals surface area contributed by atoms with Crippen molar-refractivity contribution >= 4 is 50.6 Å². The van der Waals surface area contributed by atoms with E-state index in [9.17, 15) is 20.0 Å². The van der Waals surface area contributed by atoms with Crippen LogP contribution in [0.3, 0.4) is 0 Å². The summed E-state index contributed by atoms with van der Waals surface area (Å²) in [6, 6.07) is 13.2. The van der Waals surface area contributed by atoms with Crippen LogP contribution < -0.4 is 0 Å². The number of para-hydroxylation sites is 1. The number of nitro benzene ring substituents is 1. The van der Waals surface area contributed by atoms with Crippen molar-refractivity contribution in [3.8, 4) is 0 Å². The normalized spacial score (nSPS) is 11.1. The zero-order valence-corrected chi connectivity index (χ0v) is 14.3. The zero-order valence-electron chi connectivity index (χ0n) is 12.7. The van der Waals surface area contributed by atoms with Crippen molar-refractivity contribution < 1.29 is 14.8 Å². The third-order valence-electron chi connectivity index (χ3n) is 3.58. The van der Waals surface area contributed by atoms with Gasteiger partial charge in [0.15, 0.2) is 0 Å². The molecule has 0 bridgehead atoms. The Morgan fingerprint density at radius 2 is 1.92 bits per heavy atom. The van der Waals surface area contributed by atoms with E-state index in [1.165, 1.54) is 12.1 Å². The fourth-order valence-electron chi connectivity index (χ4n) is 2.41. The molecule has 0 aliphatic heterocycles. The van der Waals surface area contributed by atoms with Crippen LogP contribution in [0, 0.1) is 10.1 Å². The minimum Gasteiger partial charge on any atom is -0.478 e. The van der Waals surface area contributed by atoms with Gasteiger partial charge in [-0.3, -0.25) is 10.1 Å². The lowest BCUT2D eigenvalue weighted by molar-refractivity contribution is -0.385. The molecule has 3 rings (SSSR count). The van der Waals surface area contributed by atoms with Gasteiger partial charge < -0.3 is 5.11 Å². The van der Waals surface area contributed by atoms with Gasteiger partial charge in [-0.25, -0.2) is 9.78 Å². The lowest BCUT2D eigenvalue weighted by Gasteiger charge is -2.04. The summed E-state index contributed by atoms with van der Waals surface area (Å²) >= 11 is 3.14. The Morgan fingerprint density at radius 3 is 2.64 bits per heavy atom. The second-order valence-electron chi connectivity index (χ2n) is 5.22. The molecule has 2 aromatic carbocycles. The molecule has 1 heterocycles. The fourth-order valence-corrected chi connectivity index (χ4v) is 2.80. The van der Waals surface area contributed by atoms with Crippen molar-refractivity contribution in [2.45, 2.75) is 0 Å². The van der Waals surface area contributed by atoms with Crippen LogP contribution >= 0.6 is 15.9 Å². The molecule has 0 amide bonds. The highest BCUT2D eigenvalue weighted by Gasteiger charge is 2.12. The number of aromatic nitrogens is 1. The van der Waals surface area contributed by atoms with Gasteiger partial charge in [0.1, 0.15) is 0 Å². The van der Waals surface area contributed by atoms with Crippen LogP contribution in [0.5, 0.6) is 0 Å². The molecule has 0 spiro atoms. The average Bonchev–Trinajstić information content (AvgIpc) is 2.59. The molecule has 7 heteroatoms. The van der Waals surface area contributed by atoms with Gasteiger partial charge in [0.2, 0.25) is 0 Å². The molecule has 0 fully saturated rings. The molecule has 0 saturated carbocycles. The van der Waals surface area contributed by atoms with Crippen LogP contribution in [0.2, 0.25) is 0 Å². The maximum absolute atomic E-state index is 11.5. The fraction of sp³-hybridized carbons (Fsp3) is 0. The smallest absolute Gasteiger partial charge is 0.336 e. The molecule has 25 heavy (non-hydrogen) atoms. The number of aromatic carboxylic acids is 1. The molecule has 0 atom stereocenters. The molecule has 1 aromatic heterocycles. The summed E-state index contributed by atoms with van der Waals surface area (Å²) in [6.45, 7) is 0. The Bertz CT molecular complexity index is 1030. The number of pyridine rings is 1. The Balaban J connectivity index is 2.03. The van der Waals surface area contributed by atoms with E-state index in [1.54, 1.807) is 48.6 Å². The molecule has 6 nitrogen and oxygen atoms in total. The van der Waals surface area contributed by atoms with Gasteiger partial charge in [-0.15, -0.1) is 0 Å². The van der Waals surface area contributed by atoms with E-state index in [4.69, 9.17) is 0 Å². The number of halogens is 1. The first-order valence-electron chi connectivity index (χ1n) is 7.21. The third kappa shape index (κ3) is 3.56. The molecule has 1 N–H and O–H groups in total. The summed E-state index contributed by atoms with van der Waals surface area (Å²) in [5, 5.41) is 20.9. The van der Waals surface area contributed by atoms with E-state index in [2.05, 4.69) is 20.9 Å². The highest BCUT2D eigenvalue weighted by atomic mass is 79.9. The number of rotatable bonds is 4. The van der Waals surface area contributed by atoms with Gasteiger partial charge in [-0.2, -0.15) is 0 Å².